The summed E-state index contributed by atoms with van der Waals surface area (Å²) in [4.78, 5) is 4.37. The Labute approximate surface area is 97.6 Å². The minimum absolute atomic E-state index is 0.759. The molecule has 1 saturated carbocycles. The van der Waals surface area contributed by atoms with Gasteiger partial charge in [0.05, 0.1) is 0 Å². The fraction of sp³-hybridized carbons (Fsp3) is 0.615. The molecule has 0 amide bonds. The van der Waals surface area contributed by atoms with Crippen molar-refractivity contribution in [3.05, 3.63) is 30.4 Å². The van der Waals surface area contributed by atoms with E-state index in [2.05, 4.69) is 28.4 Å². The van der Waals surface area contributed by atoms with Gasteiger partial charge in [-0.2, -0.15) is 0 Å². The summed E-state index contributed by atoms with van der Waals surface area (Å²) in [5.74, 6) is 1.18. The van der Waals surface area contributed by atoms with Crippen molar-refractivity contribution in [3.8, 4) is 0 Å². The minimum atomic E-state index is 0.759. The molecule has 1 aromatic heterocycles. The molecule has 1 aliphatic rings. The van der Waals surface area contributed by atoms with Crippen LogP contribution in [0.4, 0.5) is 0 Å². The van der Waals surface area contributed by atoms with Gasteiger partial charge in [0.2, 0.25) is 0 Å². The molecule has 1 aliphatic carbocycles. The van der Waals surface area contributed by atoms with E-state index < -0.39 is 0 Å². The zero-order valence-electron chi connectivity index (χ0n) is 10.1. The topological polar surface area (TPSA) is 29.9 Å². The number of hydrogen-bond donors (Lipinski definition) is 1. The summed E-state index contributed by atoms with van der Waals surface area (Å²) >= 11 is 0. The van der Waals surface area contributed by atoms with Gasteiger partial charge in [0.1, 0.15) is 5.82 Å². The Hall–Kier alpha value is -1.09. The van der Waals surface area contributed by atoms with Gasteiger partial charge in [0, 0.05) is 37.9 Å². The number of aryl methyl sites for hydroxylation is 1. The predicted octanol–water partition coefficient (Wildman–Crippen LogP) is 2.14. The normalized spacial score (nSPS) is 15.3. The summed E-state index contributed by atoms with van der Waals surface area (Å²) in [6, 6.07) is 0.759. The SMILES string of the molecule is C=C(CNC1CC1)Cn1ccnc1CCC. The predicted molar refractivity (Wildman–Crippen MR) is 66.4 cm³/mol. The van der Waals surface area contributed by atoms with Crippen molar-refractivity contribution < 1.29 is 0 Å². The van der Waals surface area contributed by atoms with E-state index in [1.165, 1.54) is 24.2 Å². The van der Waals surface area contributed by atoms with Crippen LogP contribution in [0.2, 0.25) is 0 Å². The molecule has 2 rings (SSSR count). The van der Waals surface area contributed by atoms with Crippen LogP contribution in [-0.4, -0.2) is 22.1 Å². The van der Waals surface area contributed by atoms with Crippen LogP contribution in [0.3, 0.4) is 0 Å². The molecular formula is C13H21N3. The molecule has 0 bridgehead atoms. The van der Waals surface area contributed by atoms with Crippen LogP contribution < -0.4 is 5.32 Å². The Kier molecular flexibility index (Phi) is 3.78. The molecule has 3 nitrogen and oxygen atoms in total. The van der Waals surface area contributed by atoms with E-state index in [4.69, 9.17) is 0 Å². The lowest BCUT2D eigenvalue weighted by Gasteiger charge is -2.10. The Bertz CT molecular complexity index is 350. The van der Waals surface area contributed by atoms with Gasteiger partial charge in [-0.05, 0) is 24.8 Å². The molecule has 1 N–H and O–H groups in total. The van der Waals surface area contributed by atoms with E-state index in [1.54, 1.807) is 0 Å². The number of aromatic nitrogens is 2. The van der Waals surface area contributed by atoms with Gasteiger partial charge in [-0.25, -0.2) is 4.98 Å². The molecule has 1 heterocycles. The summed E-state index contributed by atoms with van der Waals surface area (Å²) in [7, 11) is 0. The molecule has 0 radical (unpaired) electrons. The van der Waals surface area contributed by atoms with Crippen molar-refractivity contribution in [2.75, 3.05) is 6.54 Å². The first-order valence-corrected chi connectivity index (χ1v) is 6.19. The standard InChI is InChI=1S/C13H21N3/c1-3-4-13-14-7-8-16(13)10-11(2)9-15-12-5-6-12/h7-8,12,15H,2-6,9-10H2,1H3. The van der Waals surface area contributed by atoms with Crippen LogP contribution in [0, 0.1) is 0 Å². The molecule has 3 heteroatoms. The fourth-order valence-corrected chi connectivity index (χ4v) is 1.81. The van der Waals surface area contributed by atoms with Gasteiger partial charge in [-0.3, -0.25) is 0 Å². The van der Waals surface area contributed by atoms with Crippen LogP contribution in [0.1, 0.15) is 32.0 Å². The first-order valence-electron chi connectivity index (χ1n) is 6.19. The summed E-state index contributed by atoms with van der Waals surface area (Å²) in [6.07, 6.45) is 8.79. The van der Waals surface area contributed by atoms with Crippen molar-refractivity contribution in [1.82, 2.24) is 14.9 Å². The third-order valence-corrected chi connectivity index (χ3v) is 2.89. The molecule has 88 valence electrons. The highest BCUT2D eigenvalue weighted by molar-refractivity contribution is 5.03. The van der Waals surface area contributed by atoms with Gasteiger partial charge in [0.15, 0.2) is 0 Å². The smallest absolute Gasteiger partial charge is 0.108 e. The van der Waals surface area contributed by atoms with Gasteiger partial charge >= 0.3 is 0 Å². The van der Waals surface area contributed by atoms with E-state index in [0.717, 1.165) is 32.0 Å². The van der Waals surface area contributed by atoms with Crippen molar-refractivity contribution in [1.29, 1.82) is 0 Å². The van der Waals surface area contributed by atoms with Gasteiger partial charge in [-0.1, -0.05) is 13.5 Å². The van der Waals surface area contributed by atoms with Crippen LogP contribution in [-0.2, 0) is 13.0 Å². The lowest BCUT2D eigenvalue weighted by Crippen LogP contribution is -2.21. The Balaban J connectivity index is 1.81. The molecule has 16 heavy (non-hydrogen) atoms. The Morgan fingerprint density at radius 3 is 3.12 bits per heavy atom. The minimum Gasteiger partial charge on any atom is -0.331 e. The molecule has 0 atom stereocenters. The van der Waals surface area contributed by atoms with Gasteiger partial charge in [-0.15, -0.1) is 0 Å². The third-order valence-electron chi connectivity index (χ3n) is 2.89. The molecule has 0 aliphatic heterocycles. The fourth-order valence-electron chi connectivity index (χ4n) is 1.81. The van der Waals surface area contributed by atoms with Crippen LogP contribution in [0.25, 0.3) is 0 Å². The molecule has 0 saturated heterocycles. The number of nitrogens with one attached hydrogen (secondary N) is 1. The summed E-state index contributed by atoms with van der Waals surface area (Å²) in [6.45, 7) is 8.14. The van der Waals surface area contributed by atoms with E-state index in [-0.39, 0.29) is 0 Å². The first kappa shape index (κ1) is 11.4. The second-order valence-corrected chi connectivity index (χ2v) is 4.63. The van der Waals surface area contributed by atoms with E-state index in [0.29, 0.717) is 0 Å². The third kappa shape index (κ3) is 3.20. The largest absolute Gasteiger partial charge is 0.331 e. The number of hydrogen-bond acceptors (Lipinski definition) is 2. The maximum absolute atomic E-state index is 4.37. The maximum atomic E-state index is 4.37. The highest BCUT2D eigenvalue weighted by Gasteiger charge is 2.20. The summed E-state index contributed by atoms with van der Waals surface area (Å²) in [5.41, 5.74) is 1.24. The molecule has 1 fully saturated rings. The molecule has 0 spiro atoms. The molecule has 1 aromatic rings. The molecular weight excluding hydrogens is 198 g/mol. The van der Waals surface area contributed by atoms with Crippen molar-refractivity contribution in [3.63, 3.8) is 0 Å². The first-order chi connectivity index (χ1) is 7.79. The summed E-state index contributed by atoms with van der Waals surface area (Å²) in [5, 5.41) is 3.49. The van der Waals surface area contributed by atoms with Crippen molar-refractivity contribution >= 4 is 0 Å². The molecule has 0 unspecified atom stereocenters. The monoisotopic (exact) mass is 219 g/mol. The van der Waals surface area contributed by atoms with Crippen LogP contribution in [0.5, 0.6) is 0 Å². The van der Waals surface area contributed by atoms with E-state index >= 15 is 0 Å². The quantitative estimate of drug-likeness (QED) is 0.712. The van der Waals surface area contributed by atoms with Crippen molar-refractivity contribution in [2.45, 2.75) is 45.2 Å². The zero-order chi connectivity index (χ0) is 11.4. The Morgan fingerprint density at radius 1 is 1.62 bits per heavy atom. The zero-order valence-corrected chi connectivity index (χ0v) is 10.1. The van der Waals surface area contributed by atoms with Gasteiger partial charge < -0.3 is 9.88 Å². The van der Waals surface area contributed by atoms with Crippen molar-refractivity contribution in [2.24, 2.45) is 0 Å². The van der Waals surface area contributed by atoms with Crippen LogP contribution >= 0.6 is 0 Å². The second kappa shape index (κ2) is 5.30. The highest BCUT2D eigenvalue weighted by atomic mass is 15.1. The average Bonchev–Trinajstić information content (AvgIpc) is 3.00. The Morgan fingerprint density at radius 2 is 2.44 bits per heavy atom. The van der Waals surface area contributed by atoms with Gasteiger partial charge in [0.25, 0.3) is 0 Å². The van der Waals surface area contributed by atoms with E-state index in [1.807, 2.05) is 12.4 Å². The number of rotatable bonds is 7. The average molecular weight is 219 g/mol. The highest BCUT2D eigenvalue weighted by Crippen LogP contribution is 2.18. The maximum Gasteiger partial charge on any atom is 0.108 e. The number of imidazole rings is 1. The second-order valence-electron chi connectivity index (χ2n) is 4.63. The lowest BCUT2D eigenvalue weighted by atomic mass is 10.2. The summed E-state index contributed by atoms with van der Waals surface area (Å²) < 4.78 is 2.21. The van der Waals surface area contributed by atoms with E-state index in [9.17, 15) is 0 Å². The number of nitrogens with zero attached hydrogens (tertiary/aromatic N) is 2. The lowest BCUT2D eigenvalue weighted by molar-refractivity contribution is 0.653. The molecule has 0 aromatic carbocycles. The van der Waals surface area contributed by atoms with Crippen LogP contribution in [0.15, 0.2) is 24.5 Å².